The van der Waals surface area contributed by atoms with E-state index in [0.717, 1.165) is 0 Å². The summed E-state index contributed by atoms with van der Waals surface area (Å²) in [6, 6.07) is 4.19. The monoisotopic (exact) mass is 204 g/mol. The second kappa shape index (κ2) is 1.99. The van der Waals surface area contributed by atoms with Gasteiger partial charge in [-0.2, -0.15) is 0 Å². The normalized spacial score (nSPS) is 8.83. The Morgan fingerprint density at radius 1 is 1.67 bits per heavy atom. The molecule has 1 aromatic heterocycles. The van der Waals surface area contributed by atoms with Gasteiger partial charge in [0.2, 0.25) is 0 Å². The van der Waals surface area contributed by atoms with Crippen LogP contribution in [0, 0.1) is 0 Å². The van der Waals surface area contributed by atoms with Crippen molar-refractivity contribution in [1.29, 1.82) is 0 Å². The van der Waals surface area contributed by atoms with Crippen LogP contribution in [-0.2, 0) is 0 Å². The molecule has 30 valence electrons. The average Bonchev–Trinajstić information content (AvgIpc) is 1.86. The third-order valence-corrected chi connectivity index (χ3v) is 2.50. The third kappa shape index (κ3) is 0.989. The molecule has 1 aromatic rings. The van der Waals surface area contributed by atoms with Gasteiger partial charge in [-0.25, -0.2) is 0 Å². The molecule has 0 fully saturated rings. The van der Waals surface area contributed by atoms with E-state index in [2.05, 4.69) is 17.5 Å². The summed E-state index contributed by atoms with van der Waals surface area (Å²) in [4.78, 5) is 0. The Balaban J connectivity index is 3.05. The predicted molar refractivity (Wildman–Crippen MR) is 29.7 cm³/mol. The average molecular weight is 205 g/mol. The van der Waals surface area contributed by atoms with Crippen molar-refractivity contribution in [2.75, 3.05) is 0 Å². The maximum absolute atomic E-state index is 2.12. The molecule has 0 unspecified atom stereocenters. The van der Waals surface area contributed by atoms with Crippen LogP contribution in [0.2, 0.25) is 0 Å². The van der Waals surface area contributed by atoms with Crippen molar-refractivity contribution in [2.24, 2.45) is 0 Å². The first kappa shape index (κ1) is 4.67. The molecule has 0 amide bonds. The minimum atomic E-state index is 1.43. The molecule has 0 saturated heterocycles. The molecule has 0 aliphatic rings. The van der Waals surface area contributed by atoms with Gasteiger partial charge in [0.25, 0.3) is 0 Å². The summed E-state index contributed by atoms with van der Waals surface area (Å²) in [6.07, 6.45) is 0. The van der Waals surface area contributed by atoms with E-state index in [1.165, 1.54) is 2.82 Å². The Morgan fingerprint density at radius 2 is 2.50 bits per heavy atom. The number of hydrogen-bond acceptors (Lipinski definition) is 1. The van der Waals surface area contributed by atoms with Gasteiger partial charge in [-0.05, 0) is 0 Å². The summed E-state index contributed by atoms with van der Waals surface area (Å²) in [5.74, 6) is 0. The Bertz CT molecular complexity index is 111. The van der Waals surface area contributed by atoms with Crippen LogP contribution in [0.5, 0.6) is 0 Å². The molecule has 0 aromatic carbocycles. The molecule has 1 heterocycles. The van der Waals surface area contributed by atoms with Crippen LogP contribution in [0.15, 0.2) is 17.5 Å². The van der Waals surface area contributed by atoms with Gasteiger partial charge in [-0.1, -0.05) is 0 Å². The molecule has 0 N–H and O–H groups in total. The molecule has 1 rings (SSSR count). The van der Waals surface area contributed by atoms with Gasteiger partial charge in [0.15, 0.2) is 0 Å². The van der Waals surface area contributed by atoms with Gasteiger partial charge in [0, 0.05) is 0 Å². The van der Waals surface area contributed by atoms with Crippen molar-refractivity contribution < 1.29 is 0 Å². The van der Waals surface area contributed by atoms with E-state index < -0.39 is 0 Å². The molecule has 0 atom stereocenters. The van der Waals surface area contributed by atoms with Gasteiger partial charge in [-0.15, -0.1) is 0 Å². The third-order valence-electron chi connectivity index (χ3n) is 0.506. The second-order valence-corrected chi connectivity index (χ2v) is 4.18. The Morgan fingerprint density at radius 3 is 2.67 bits per heavy atom. The molecule has 0 spiro atoms. The summed E-state index contributed by atoms with van der Waals surface area (Å²) in [5, 5.41) is 2.09. The van der Waals surface area contributed by atoms with Gasteiger partial charge in [0.1, 0.15) is 0 Å². The molecule has 0 nitrogen and oxygen atoms in total. The zero-order valence-electron chi connectivity index (χ0n) is 3.09. The number of rotatable bonds is 0. The Hall–Kier alpha value is 0.518. The van der Waals surface area contributed by atoms with E-state index in [-0.39, 0.29) is 0 Å². The molecule has 6 heavy (non-hydrogen) atoms. The van der Waals surface area contributed by atoms with Crippen LogP contribution in [0.4, 0.5) is 0 Å². The molecular weight excluding hydrogens is 202 g/mol. The van der Waals surface area contributed by atoms with Crippen LogP contribution in [0.1, 0.15) is 0 Å². The van der Waals surface area contributed by atoms with Crippen molar-refractivity contribution in [3.8, 4) is 0 Å². The molecule has 0 bridgehead atoms. The number of thiophene rings is 1. The zero-order chi connectivity index (χ0) is 4.41. The minimum absolute atomic E-state index is 1.43. The molecule has 0 aliphatic heterocycles. The first-order valence-electron chi connectivity index (χ1n) is 1.62. The fourth-order valence-corrected chi connectivity index (χ4v) is 1.49. The van der Waals surface area contributed by atoms with E-state index in [0.29, 0.717) is 0 Å². The molecule has 0 saturated carbocycles. The zero-order valence-corrected chi connectivity index (χ0v) is 6.46. The first-order chi connectivity index (χ1) is 2.89. The van der Waals surface area contributed by atoms with Gasteiger partial charge in [-0.3, -0.25) is 0 Å². The fourth-order valence-electron chi connectivity index (χ4n) is 0.270. The van der Waals surface area contributed by atoms with Crippen LogP contribution in [0.25, 0.3) is 0 Å². The SMILES string of the molecule is [Sb][c]1cccs1. The summed E-state index contributed by atoms with van der Waals surface area (Å²) in [6.45, 7) is 0. The topological polar surface area (TPSA) is 0 Å². The van der Waals surface area contributed by atoms with Crippen molar-refractivity contribution in [2.45, 2.75) is 0 Å². The van der Waals surface area contributed by atoms with Gasteiger partial charge < -0.3 is 0 Å². The maximum atomic E-state index is 2.12. The van der Waals surface area contributed by atoms with Crippen molar-refractivity contribution in [3.05, 3.63) is 17.5 Å². The van der Waals surface area contributed by atoms with Crippen LogP contribution in [0.3, 0.4) is 0 Å². The quantitative estimate of drug-likeness (QED) is 0.542. The van der Waals surface area contributed by atoms with Crippen LogP contribution < -0.4 is 2.82 Å². The molecular formula is C4H3SSb. The molecule has 2 radical (unpaired) electrons. The summed E-state index contributed by atoms with van der Waals surface area (Å²) >= 11 is 3.58. The van der Waals surface area contributed by atoms with E-state index in [1.54, 1.807) is 34.4 Å². The standard InChI is InChI=1S/C4H3S.Sb/c1-2-4-5-3-1;/h1-3H;. The van der Waals surface area contributed by atoms with Crippen molar-refractivity contribution >= 4 is 37.2 Å². The van der Waals surface area contributed by atoms with Crippen LogP contribution >= 0.6 is 11.3 Å². The van der Waals surface area contributed by atoms with Crippen molar-refractivity contribution in [3.63, 3.8) is 0 Å². The van der Waals surface area contributed by atoms with E-state index >= 15 is 0 Å². The number of hydrogen-bond donors (Lipinski definition) is 0. The van der Waals surface area contributed by atoms with Gasteiger partial charge in [0.05, 0.1) is 0 Å². The summed E-state index contributed by atoms with van der Waals surface area (Å²) in [5.41, 5.74) is 0. The van der Waals surface area contributed by atoms with E-state index in [4.69, 9.17) is 0 Å². The Kier molecular flexibility index (Phi) is 1.55. The molecule has 2 heteroatoms. The van der Waals surface area contributed by atoms with Crippen LogP contribution in [-0.4, -0.2) is 23.0 Å². The van der Waals surface area contributed by atoms with Crippen molar-refractivity contribution in [1.82, 2.24) is 0 Å². The molecule has 0 aliphatic carbocycles. The first-order valence-corrected chi connectivity index (χ1v) is 3.77. The Labute approximate surface area is 54.7 Å². The fraction of sp³-hybridized carbons (Fsp3) is 0. The van der Waals surface area contributed by atoms with Gasteiger partial charge >= 0.3 is 54.7 Å². The predicted octanol–water partition coefficient (Wildman–Crippen LogP) is 0.542. The summed E-state index contributed by atoms with van der Waals surface area (Å²) < 4.78 is 1.43. The summed E-state index contributed by atoms with van der Waals surface area (Å²) in [7, 11) is 0. The van der Waals surface area contributed by atoms with E-state index in [1.807, 2.05) is 0 Å². The second-order valence-electron chi connectivity index (χ2n) is 0.951. The van der Waals surface area contributed by atoms with E-state index in [9.17, 15) is 0 Å².